The molecule has 3 atom stereocenters. The molecule has 1 aliphatic heterocycles. The van der Waals surface area contributed by atoms with E-state index in [1.165, 1.54) is 18.1 Å². The van der Waals surface area contributed by atoms with E-state index in [1.807, 2.05) is 25.1 Å². The summed E-state index contributed by atoms with van der Waals surface area (Å²) in [5.74, 6) is -1.62. The number of hydrogen-bond acceptors (Lipinski definition) is 5. The van der Waals surface area contributed by atoms with Crippen LogP contribution in [0.3, 0.4) is 0 Å². The van der Waals surface area contributed by atoms with Gasteiger partial charge in [0.05, 0.1) is 0 Å². The van der Waals surface area contributed by atoms with Crippen molar-refractivity contribution in [1.82, 2.24) is 10.2 Å². The van der Waals surface area contributed by atoms with Gasteiger partial charge in [-0.1, -0.05) is 25.8 Å². The first kappa shape index (κ1) is 21.3. The molecule has 2 aliphatic carbocycles. The Morgan fingerprint density at radius 3 is 2.77 bits per heavy atom. The monoisotopic (exact) mass is 427 g/mol. The number of ether oxygens (including phenoxy) is 1. The molecule has 1 heterocycles. The lowest BCUT2D eigenvalue weighted by molar-refractivity contribution is -0.155. The quantitative estimate of drug-likeness (QED) is 0.555. The minimum Gasteiger partial charge on any atom is -0.451 e. The molecule has 0 aromatic heterocycles. The van der Waals surface area contributed by atoms with Gasteiger partial charge < -0.3 is 15.4 Å². The number of nitrogens with zero attached hydrogens (tertiary/aromatic N) is 1. The number of esters is 1. The van der Waals surface area contributed by atoms with Gasteiger partial charge in [-0.15, -0.1) is 0 Å². The molecule has 1 aromatic carbocycles. The summed E-state index contributed by atoms with van der Waals surface area (Å²) in [6, 6.07) is 5.22. The number of fused-ring (bicyclic) bond motifs is 1. The van der Waals surface area contributed by atoms with Crippen LogP contribution in [0.5, 0.6) is 0 Å². The van der Waals surface area contributed by atoms with E-state index in [-0.39, 0.29) is 11.8 Å². The second-order valence-electron chi connectivity index (χ2n) is 8.90. The van der Waals surface area contributed by atoms with E-state index < -0.39 is 36.1 Å². The van der Waals surface area contributed by atoms with E-state index in [2.05, 4.69) is 10.6 Å². The highest BCUT2D eigenvalue weighted by Gasteiger charge is 2.55. The van der Waals surface area contributed by atoms with E-state index in [1.54, 1.807) is 0 Å². The summed E-state index contributed by atoms with van der Waals surface area (Å²) in [6.45, 7) is 2.91. The Morgan fingerprint density at radius 2 is 2.00 bits per heavy atom. The maximum atomic E-state index is 12.9. The average Bonchev–Trinajstić information content (AvgIpc) is 3.28. The molecular formula is C23H29N3O5. The minimum absolute atomic E-state index is 0.00995. The van der Waals surface area contributed by atoms with Crippen LogP contribution in [0.25, 0.3) is 0 Å². The van der Waals surface area contributed by atoms with E-state index in [4.69, 9.17) is 4.74 Å². The largest absolute Gasteiger partial charge is 0.451 e. The zero-order chi connectivity index (χ0) is 22.2. The van der Waals surface area contributed by atoms with Gasteiger partial charge in [-0.25, -0.2) is 4.79 Å². The average molecular weight is 428 g/mol. The molecule has 8 heteroatoms. The molecule has 8 nitrogen and oxygen atoms in total. The van der Waals surface area contributed by atoms with Crippen LogP contribution in [0.15, 0.2) is 18.2 Å². The van der Waals surface area contributed by atoms with Crippen molar-refractivity contribution in [3.8, 4) is 0 Å². The van der Waals surface area contributed by atoms with Gasteiger partial charge >= 0.3 is 12.0 Å². The number of carbonyl (C=O) groups is 4. The van der Waals surface area contributed by atoms with Crippen molar-refractivity contribution < 1.29 is 23.9 Å². The maximum Gasteiger partial charge on any atom is 0.327 e. The highest BCUT2D eigenvalue weighted by atomic mass is 16.5. The van der Waals surface area contributed by atoms with Crippen molar-refractivity contribution in [2.75, 3.05) is 11.9 Å². The summed E-state index contributed by atoms with van der Waals surface area (Å²) in [4.78, 5) is 51.1. The predicted molar refractivity (Wildman–Crippen MR) is 113 cm³/mol. The Hall–Kier alpha value is -2.90. The first-order valence-corrected chi connectivity index (χ1v) is 11.1. The number of aryl methyl sites for hydroxylation is 2. The summed E-state index contributed by atoms with van der Waals surface area (Å²) < 4.78 is 5.21. The number of nitrogens with one attached hydrogen (secondary N) is 2. The van der Waals surface area contributed by atoms with Crippen molar-refractivity contribution >= 4 is 29.5 Å². The fourth-order valence-electron chi connectivity index (χ4n) is 4.95. The van der Waals surface area contributed by atoms with Gasteiger partial charge in [-0.3, -0.25) is 19.3 Å². The van der Waals surface area contributed by atoms with E-state index in [9.17, 15) is 19.2 Å². The number of amides is 4. The Bertz CT molecular complexity index is 930. The number of urea groups is 1. The Morgan fingerprint density at radius 1 is 1.23 bits per heavy atom. The van der Waals surface area contributed by atoms with Gasteiger partial charge in [0.15, 0.2) is 6.10 Å². The van der Waals surface area contributed by atoms with E-state index >= 15 is 0 Å². The van der Waals surface area contributed by atoms with Crippen molar-refractivity contribution in [3.63, 3.8) is 0 Å². The molecule has 0 unspecified atom stereocenters. The van der Waals surface area contributed by atoms with Crippen molar-refractivity contribution in [2.45, 2.75) is 70.4 Å². The smallest absolute Gasteiger partial charge is 0.327 e. The molecule has 4 amide bonds. The second-order valence-corrected chi connectivity index (χ2v) is 8.90. The summed E-state index contributed by atoms with van der Waals surface area (Å²) in [7, 11) is 0. The second kappa shape index (κ2) is 8.32. The molecule has 1 aromatic rings. The SMILES string of the molecule is C[C@H](OC(=O)CN1C(=O)N[C@]2(CCCC[C@@H]2C)C1=O)C(=O)Nc1ccc2c(c1)CCC2. The van der Waals surface area contributed by atoms with E-state index in [0.29, 0.717) is 12.1 Å². The zero-order valence-corrected chi connectivity index (χ0v) is 18.0. The van der Waals surface area contributed by atoms with Crippen LogP contribution in [0.4, 0.5) is 10.5 Å². The number of anilines is 1. The van der Waals surface area contributed by atoms with Gasteiger partial charge in [0.2, 0.25) is 0 Å². The molecule has 3 aliphatic rings. The molecular weight excluding hydrogens is 398 g/mol. The zero-order valence-electron chi connectivity index (χ0n) is 18.0. The number of hydrogen-bond donors (Lipinski definition) is 2. The van der Waals surface area contributed by atoms with Crippen LogP contribution in [-0.2, 0) is 32.0 Å². The lowest BCUT2D eigenvalue weighted by atomic mass is 9.73. The molecule has 4 rings (SSSR count). The fourth-order valence-corrected chi connectivity index (χ4v) is 4.95. The van der Waals surface area contributed by atoms with E-state index in [0.717, 1.165) is 43.4 Å². The van der Waals surface area contributed by atoms with Gasteiger partial charge in [0.25, 0.3) is 11.8 Å². The Kier molecular flexibility index (Phi) is 5.73. The molecule has 31 heavy (non-hydrogen) atoms. The van der Waals surface area contributed by atoms with Crippen LogP contribution < -0.4 is 10.6 Å². The third-order valence-corrected chi connectivity index (χ3v) is 6.83. The third-order valence-electron chi connectivity index (χ3n) is 6.83. The van der Waals surface area contributed by atoms with Gasteiger partial charge in [0.1, 0.15) is 12.1 Å². The summed E-state index contributed by atoms with van der Waals surface area (Å²) in [6.07, 6.45) is 5.41. The summed E-state index contributed by atoms with van der Waals surface area (Å²) in [5.41, 5.74) is 2.27. The highest BCUT2D eigenvalue weighted by Crippen LogP contribution is 2.38. The van der Waals surface area contributed by atoms with Crippen LogP contribution in [-0.4, -0.2) is 46.9 Å². The van der Waals surface area contributed by atoms with Crippen molar-refractivity contribution in [3.05, 3.63) is 29.3 Å². The Balaban J connectivity index is 1.33. The number of rotatable bonds is 5. The molecule has 0 radical (unpaired) electrons. The molecule has 1 spiro atoms. The third kappa shape index (κ3) is 4.03. The van der Waals surface area contributed by atoms with Gasteiger partial charge in [0, 0.05) is 5.69 Å². The van der Waals surface area contributed by atoms with Crippen molar-refractivity contribution in [1.29, 1.82) is 0 Å². The maximum absolute atomic E-state index is 12.9. The Labute approximate surface area is 181 Å². The number of benzene rings is 1. The minimum atomic E-state index is -1.05. The molecule has 166 valence electrons. The first-order valence-electron chi connectivity index (χ1n) is 11.1. The fraction of sp³-hybridized carbons (Fsp3) is 0.565. The molecule has 0 bridgehead atoms. The van der Waals surface area contributed by atoms with Crippen LogP contribution in [0.1, 0.15) is 57.1 Å². The molecule has 2 N–H and O–H groups in total. The van der Waals surface area contributed by atoms with Gasteiger partial charge in [-0.2, -0.15) is 0 Å². The molecule has 2 fully saturated rings. The first-order chi connectivity index (χ1) is 14.8. The predicted octanol–water partition coefficient (Wildman–Crippen LogP) is 2.55. The molecule has 1 saturated heterocycles. The lowest BCUT2D eigenvalue weighted by Crippen LogP contribution is -2.54. The van der Waals surface area contributed by atoms with Crippen LogP contribution in [0.2, 0.25) is 0 Å². The lowest BCUT2D eigenvalue weighted by Gasteiger charge is -2.36. The summed E-state index contributed by atoms with van der Waals surface area (Å²) >= 11 is 0. The van der Waals surface area contributed by atoms with Crippen LogP contribution in [0, 0.1) is 5.92 Å². The molecule has 1 saturated carbocycles. The standard InChI is InChI=1S/C23H29N3O5/c1-14-6-3-4-11-23(14)21(29)26(22(30)25-23)13-19(27)31-15(2)20(28)24-18-10-9-16-7-5-8-17(16)12-18/h9-10,12,14-15H,3-8,11,13H2,1-2H3,(H,24,28)(H,25,30)/t14-,15-,23-/m0/s1. The highest BCUT2D eigenvalue weighted by molar-refractivity contribution is 6.09. The normalized spacial score (nSPS) is 25.9. The summed E-state index contributed by atoms with van der Waals surface area (Å²) in [5, 5.41) is 5.57. The van der Waals surface area contributed by atoms with Gasteiger partial charge in [-0.05, 0) is 68.2 Å². The van der Waals surface area contributed by atoms with Crippen molar-refractivity contribution in [2.24, 2.45) is 5.92 Å². The number of imide groups is 1. The van der Waals surface area contributed by atoms with Crippen LogP contribution >= 0.6 is 0 Å². The number of carbonyl (C=O) groups excluding carboxylic acids is 4. The topological polar surface area (TPSA) is 105 Å².